The maximum atomic E-state index is 12.1. The van der Waals surface area contributed by atoms with E-state index in [1.165, 1.54) is 0 Å². The van der Waals surface area contributed by atoms with Crippen LogP contribution in [0.2, 0.25) is 0 Å². The van der Waals surface area contributed by atoms with Gasteiger partial charge in [0.15, 0.2) is 5.78 Å². The van der Waals surface area contributed by atoms with Crippen molar-refractivity contribution in [1.29, 1.82) is 0 Å². The van der Waals surface area contributed by atoms with Gasteiger partial charge >= 0.3 is 11.4 Å². The van der Waals surface area contributed by atoms with Crippen LogP contribution in [0, 0.1) is 10.1 Å². The van der Waals surface area contributed by atoms with Crippen LogP contribution in [0.3, 0.4) is 0 Å². The van der Waals surface area contributed by atoms with E-state index in [1.54, 1.807) is 36.0 Å². The van der Waals surface area contributed by atoms with Gasteiger partial charge in [-0.15, -0.1) is 11.8 Å². The Morgan fingerprint density at radius 3 is 2.62 bits per heavy atom. The third-order valence-electron chi connectivity index (χ3n) is 2.78. The van der Waals surface area contributed by atoms with Gasteiger partial charge in [-0.1, -0.05) is 12.1 Å². The average Bonchev–Trinajstić information content (AvgIpc) is 2.49. The molecule has 0 amide bonds. The van der Waals surface area contributed by atoms with Crippen molar-refractivity contribution in [2.75, 3.05) is 6.26 Å². The maximum absolute atomic E-state index is 12.1. The SMILES string of the molecule is CSc1ccc(C(=O)Cn2cc([N+](=O)[O-])cnc2=O)cc1. The van der Waals surface area contributed by atoms with E-state index in [2.05, 4.69) is 4.98 Å². The first-order valence-electron chi connectivity index (χ1n) is 5.89. The van der Waals surface area contributed by atoms with Gasteiger partial charge in [0.25, 0.3) is 0 Å². The first-order chi connectivity index (χ1) is 10.0. The number of nitrogens with zero attached hydrogens (tertiary/aromatic N) is 3. The summed E-state index contributed by atoms with van der Waals surface area (Å²) in [6.45, 7) is -0.286. The van der Waals surface area contributed by atoms with Crippen LogP contribution < -0.4 is 5.69 Å². The van der Waals surface area contributed by atoms with Crippen molar-refractivity contribution in [3.05, 3.63) is 62.8 Å². The Morgan fingerprint density at radius 2 is 2.05 bits per heavy atom. The van der Waals surface area contributed by atoms with Gasteiger partial charge in [0.05, 0.1) is 17.7 Å². The molecule has 21 heavy (non-hydrogen) atoms. The largest absolute Gasteiger partial charge is 0.348 e. The van der Waals surface area contributed by atoms with Gasteiger partial charge < -0.3 is 0 Å². The molecule has 0 saturated heterocycles. The first-order valence-corrected chi connectivity index (χ1v) is 7.12. The topological polar surface area (TPSA) is 95.1 Å². The summed E-state index contributed by atoms with van der Waals surface area (Å²) in [6, 6.07) is 6.91. The maximum Gasteiger partial charge on any atom is 0.348 e. The second kappa shape index (κ2) is 6.31. The predicted octanol–water partition coefficient (Wildman–Crippen LogP) is 1.76. The summed E-state index contributed by atoms with van der Waals surface area (Å²) in [6.07, 6.45) is 3.81. The second-order valence-corrected chi connectivity index (χ2v) is 5.01. The zero-order valence-electron chi connectivity index (χ0n) is 11.1. The summed E-state index contributed by atoms with van der Waals surface area (Å²) in [4.78, 5) is 38.0. The molecule has 8 heteroatoms. The summed E-state index contributed by atoms with van der Waals surface area (Å²) in [5, 5.41) is 10.7. The molecule has 2 aromatic rings. The number of Topliss-reactive ketones (excluding diaryl/α,β-unsaturated/α-hetero) is 1. The highest BCUT2D eigenvalue weighted by atomic mass is 32.2. The van der Waals surface area contributed by atoms with Crippen LogP contribution in [-0.4, -0.2) is 26.5 Å². The average molecular weight is 305 g/mol. The summed E-state index contributed by atoms with van der Waals surface area (Å²) < 4.78 is 0.933. The van der Waals surface area contributed by atoms with Crippen LogP contribution >= 0.6 is 11.8 Å². The van der Waals surface area contributed by atoms with Crippen LogP contribution in [0.1, 0.15) is 10.4 Å². The third kappa shape index (κ3) is 3.54. The number of ketones is 1. The standard InChI is InChI=1S/C13H11N3O4S/c1-21-11-4-2-9(3-5-11)12(17)8-15-7-10(16(19)20)6-14-13(15)18/h2-7H,8H2,1H3. The molecule has 1 aromatic carbocycles. The Bertz CT molecular complexity index is 740. The van der Waals surface area contributed by atoms with E-state index < -0.39 is 10.6 Å². The molecule has 1 aromatic heterocycles. The Balaban J connectivity index is 2.24. The number of thioether (sulfide) groups is 1. The molecule has 0 aliphatic rings. The van der Waals surface area contributed by atoms with Crippen molar-refractivity contribution in [3.8, 4) is 0 Å². The summed E-state index contributed by atoms with van der Waals surface area (Å²) in [5.41, 5.74) is -0.596. The Kier molecular flexibility index (Phi) is 4.49. The van der Waals surface area contributed by atoms with E-state index in [0.717, 1.165) is 21.9 Å². The lowest BCUT2D eigenvalue weighted by molar-refractivity contribution is -0.385. The Hall–Kier alpha value is -2.48. The number of benzene rings is 1. The number of hydrogen-bond donors (Lipinski definition) is 0. The molecule has 0 unspecified atom stereocenters. The van der Waals surface area contributed by atoms with Gasteiger partial charge in [0.1, 0.15) is 6.20 Å². The monoisotopic (exact) mass is 305 g/mol. The molecule has 2 rings (SSSR count). The van der Waals surface area contributed by atoms with Crippen molar-refractivity contribution in [1.82, 2.24) is 9.55 Å². The lowest BCUT2D eigenvalue weighted by atomic mass is 10.1. The summed E-state index contributed by atoms with van der Waals surface area (Å²) in [5.74, 6) is -0.313. The number of aromatic nitrogens is 2. The van der Waals surface area contributed by atoms with Gasteiger partial charge in [-0.2, -0.15) is 4.98 Å². The summed E-state index contributed by atoms with van der Waals surface area (Å²) >= 11 is 1.55. The third-order valence-corrected chi connectivity index (χ3v) is 3.52. The Morgan fingerprint density at radius 1 is 1.38 bits per heavy atom. The minimum absolute atomic E-state index is 0.286. The van der Waals surface area contributed by atoms with E-state index in [-0.39, 0.29) is 18.0 Å². The molecule has 0 radical (unpaired) electrons. The first kappa shape index (κ1) is 14.9. The van der Waals surface area contributed by atoms with Gasteiger partial charge in [0.2, 0.25) is 0 Å². The van der Waals surface area contributed by atoms with Crippen LogP contribution in [0.5, 0.6) is 0 Å². The number of hydrogen-bond acceptors (Lipinski definition) is 6. The zero-order valence-corrected chi connectivity index (χ0v) is 11.9. The molecule has 0 bridgehead atoms. The van der Waals surface area contributed by atoms with Gasteiger partial charge in [0, 0.05) is 10.5 Å². The lowest BCUT2D eigenvalue weighted by Gasteiger charge is -2.04. The van der Waals surface area contributed by atoms with Crippen molar-refractivity contribution in [2.45, 2.75) is 11.4 Å². The number of carbonyl (C=O) groups excluding carboxylic acids is 1. The molecular weight excluding hydrogens is 294 g/mol. The minimum Gasteiger partial charge on any atom is -0.292 e. The molecule has 108 valence electrons. The number of carbonyl (C=O) groups is 1. The molecule has 0 spiro atoms. The van der Waals surface area contributed by atoms with Crippen LogP contribution in [0.4, 0.5) is 5.69 Å². The van der Waals surface area contributed by atoms with Crippen molar-refractivity contribution < 1.29 is 9.72 Å². The molecule has 7 nitrogen and oxygen atoms in total. The molecule has 0 aliphatic carbocycles. The van der Waals surface area contributed by atoms with Crippen LogP contribution in [0.25, 0.3) is 0 Å². The molecular formula is C13H11N3O4S. The van der Waals surface area contributed by atoms with Crippen LogP contribution in [0.15, 0.2) is 46.3 Å². The normalized spacial score (nSPS) is 10.3. The fourth-order valence-electron chi connectivity index (χ4n) is 1.67. The second-order valence-electron chi connectivity index (χ2n) is 4.13. The molecule has 0 N–H and O–H groups in total. The molecule has 0 fully saturated rings. The van der Waals surface area contributed by atoms with Gasteiger partial charge in [-0.3, -0.25) is 19.5 Å². The highest BCUT2D eigenvalue weighted by molar-refractivity contribution is 7.98. The van der Waals surface area contributed by atoms with Crippen molar-refractivity contribution >= 4 is 23.2 Å². The highest BCUT2D eigenvalue weighted by Crippen LogP contribution is 2.15. The minimum atomic E-state index is -0.699. The summed E-state index contributed by atoms with van der Waals surface area (Å²) in [7, 11) is 0. The van der Waals surface area contributed by atoms with E-state index in [0.29, 0.717) is 5.56 Å². The molecule has 0 atom stereocenters. The van der Waals surface area contributed by atoms with Crippen LogP contribution in [-0.2, 0) is 6.54 Å². The Labute approximate surface area is 123 Å². The molecule has 0 saturated carbocycles. The fraction of sp³-hybridized carbons (Fsp3) is 0.154. The van der Waals surface area contributed by atoms with E-state index in [1.807, 2.05) is 6.26 Å². The quantitative estimate of drug-likeness (QED) is 0.361. The van der Waals surface area contributed by atoms with E-state index in [4.69, 9.17) is 0 Å². The zero-order chi connectivity index (χ0) is 15.4. The molecule has 0 aliphatic heterocycles. The highest BCUT2D eigenvalue weighted by Gasteiger charge is 2.13. The lowest BCUT2D eigenvalue weighted by Crippen LogP contribution is -2.26. The number of nitro groups is 1. The van der Waals surface area contributed by atoms with Crippen molar-refractivity contribution in [2.24, 2.45) is 0 Å². The van der Waals surface area contributed by atoms with Gasteiger partial charge in [-0.25, -0.2) is 4.79 Å². The smallest absolute Gasteiger partial charge is 0.292 e. The number of rotatable bonds is 5. The predicted molar refractivity (Wildman–Crippen MR) is 77.7 cm³/mol. The van der Waals surface area contributed by atoms with Gasteiger partial charge in [-0.05, 0) is 18.4 Å². The fourth-order valence-corrected chi connectivity index (χ4v) is 2.08. The van der Waals surface area contributed by atoms with E-state index in [9.17, 15) is 19.7 Å². The molecule has 1 heterocycles. The van der Waals surface area contributed by atoms with E-state index >= 15 is 0 Å². The van der Waals surface area contributed by atoms with Crippen molar-refractivity contribution in [3.63, 3.8) is 0 Å².